The molecule has 2 N–H and O–H groups in total. The van der Waals surface area contributed by atoms with Crippen LogP contribution in [0.4, 0.5) is 0 Å². The zero-order chi connectivity index (χ0) is 11.2. The van der Waals surface area contributed by atoms with Crippen LogP contribution in [0.15, 0.2) is 12.1 Å². The summed E-state index contributed by atoms with van der Waals surface area (Å²) >= 11 is 6.17. The van der Waals surface area contributed by atoms with Gasteiger partial charge in [0.2, 0.25) is 0 Å². The Bertz CT molecular complexity index is 395. The van der Waals surface area contributed by atoms with Crippen LogP contribution >= 0.6 is 11.6 Å². The SMILES string of the molecule is CC1Cc2cc(C(C)(C)N)cc(Cl)c2O1. The van der Waals surface area contributed by atoms with Gasteiger partial charge in [-0.25, -0.2) is 0 Å². The monoisotopic (exact) mass is 225 g/mol. The molecule has 1 aromatic rings. The Kier molecular flexibility index (Phi) is 2.44. The second-order valence-corrected chi connectivity index (χ2v) is 5.21. The van der Waals surface area contributed by atoms with E-state index in [0.29, 0.717) is 5.02 Å². The molecule has 0 fully saturated rings. The van der Waals surface area contributed by atoms with Crippen molar-refractivity contribution in [2.75, 3.05) is 0 Å². The van der Waals surface area contributed by atoms with Gasteiger partial charge in [0, 0.05) is 12.0 Å². The number of rotatable bonds is 1. The van der Waals surface area contributed by atoms with E-state index in [0.717, 1.165) is 17.7 Å². The van der Waals surface area contributed by atoms with Crippen LogP contribution in [0.3, 0.4) is 0 Å². The van der Waals surface area contributed by atoms with Crippen LogP contribution in [-0.4, -0.2) is 6.10 Å². The highest BCUT2D eigenvalue weighted by atomic mass is 35.5. The summed E-state index contributed by atoms with van der Waals surface area (Å²) in [5.74, 6) is 0.831. The van der Waals surface area contributed by atoms with Crippen LogP contribution in [0.5, 0.6) is 5.75 Å². The molecule has 0 saturated heterocycles. The molecule has 82 valence electrons. The molecule has 0 aliphatic carbocycles. The molecule has 15 heavy (non-hydrogen) atoms. The van der Waals surface area contributed by atoms with Crippen molar-refractivity contribution in [2.24, 2.45) is 5.73 Å². The van der Waals surface area contributed by atoms with Crippen molar-refractivity contribution < 1.29 is 4.74 Å². The van der Waals surface area contributed by atoms with Gasteiger partial charge in [-0.3, -0.25) is 0 Å². The van der Waals surface area contributed by atoms with Crippen LogP contribution in [0.25, 0.3) is 0 Å². The van der Waals surface area contributed by atoms with E-state index in [9.17, 15) is 0 Å². The summed E-state index contributed by atoms with van der Waals surface area (Å²) in [6.07, 6.45) is 1.13. The molecule has 0 radical (unpaired) electrons. The molecule has 2 nitrogen and oxygen atoms in total. The first-order valence-electron chi connectivity index (χ1n) is 5.16. The standard InChI is InChI=1S/C12H16ClNO/c1-7-4-8-5-9(12(2,3)14)6-10(13)11(8)15-7/h5-7H,4,14H2,1-3H3. The molecule has 1 unspecified atom stereocenters. The van der Waals surface area contributed by atoms with Crippen LogP contribution in [0, 0.1) is 0 Å². The third-order valence-corrected chi connectivity index (χ3v) is 2.97. The number of halogens is 1. The predicted molar refractivity (Wildman–Crippen MR) is 62.5 cm³/mol. The smallest absolute Gasteiger partial charge is 0.141 e. The lowest BCUT2D eigenvalue weighted by molar-refractivity contribution is 0.255. The zero-order valence-corrected chi connectivity index (χ0v) is 10.1. The van der Waals surface area contributed by atoms with Gasteiger partial charge in [-0.1, -0.05) is 17.7 Å². The largest absolute Gasteiger partial charge is 0.489 e. The molecular weight excluding hydrogens is 210 g/mol. The third kappa shape index (κ3) is 1.97. The first-order valence-corrected chi connectivity index (χ1v) is 5.54. The molecule has 0 spiro atoms. The van der Waals surface area contributed by atoms with Gasteiger partial charge < -0.3 is 10.5 Å². The van der Waals surface area contributed by atoms with Crippen molar-refractivity contribution in [1.29, 1.82) is 0 Å². The summed E-state index contributed by atoms with van der Waals surface area (Å²) < 4.78 is 5.63. The molecule has 1 heterocycles. The van der Waals surface area contributed by atoms with Gasteiger partial charge in [0.15, 0.2) is 0 Å². The summed E-state index contributed by atoms with van der Waals surface area (Å²) in [6.45, 7) is 6.00. The highest BCUT2D eigenvalue weighted by molar-refractivity contribution is 6.32. The first-order chi connectivity index (χ1) is 6.88. The van der Waals surface area contributed by atoms with Crippen molar-refractivity contribution in [2.45, 2.75) is 38.8 Å². The summed E-state index contributed by atoms with van der Waals surface area (Å²) in [4.78, 5) is 0. The number of nitrogens with two attached hydrogens (primary N) is 1. The van der Waals surface area contributed by atoms with Gasteiger partial charge in [0.05, 0.1) is 5.02 Å². The fraction of sp³-hybridized carbons (Fsp3) is 0.500. The maximum Gasteiger partial charge on any atom is 0.141 e. The van der Waals surface area contributed by atoms with Crippen molar-refractivity contribution in [3.8, 4) is 5.75 Å². The Morgan fingerprint density at radius 1 is 1.47 bits per heavy atom. The van der Waals surface area contributed by atoms with E-state index in [4.69, 9.17) is 22.1 Å². The van der Waals surface area contributed by atoms with Gasteiger partial charge in [0.25, 0.3) is 0 Å². The number of hydrogen-bond donors (Lipinski definition) is 1. The summed E-state index contributed by atoms with van der Waals surface area (Å²) in [5, 5.41) is 0.672. The highest BCUT2D eigenvalue weighted by Gasteiger charge is 2.25. The van der Waals surface area contributed by atoms with Crippen LogP contribution in [0.2, 0.25) is 5.02 Å². The minimum Gasteiger partial charge on any atom is -0.489 e. The van der Waals surface area contributed by atoms with Crippen molar-refractivity contribution in [3.63, 3.8) is 0 Å². The zero-order valence-electron chi connectivity index (χ0n) is 9.30. The number of hydrogen-bond acceptors (Lipinski definition) is 2. The Morgan fingerprint density at radius 3 is 2.73 bits per heavy atom. The molecule has 1 aliphatic heterocycles. The van der Waals surface area contributed by atoms with Gasteiger partial charge in [-0.05, 0) is 38.0 Å². The molecule has 1 aliphatic rings. The van der Waals surface area contributed by atoms with E-state index in [-0.39, 0.29) is 11.6 Å². The molecule has 0 aromatic heterocycles. The quantitative estimate of drug-likeness (QED) is 0.798. The predicted octanol–water partition coefficient (Wildman–Crippen LogP) is 2.86. The lowest BCUT2D eigenvalue weighted by Crippen LogP contribution is -2.28. The molecule has 1 atom stereocenters. The van der Waals surface area contributed by atoms with Crippen LogP contribution < -0.4 is 10.5 Å². The summed E-state index contributed by atoms with van der Waals surface area (Å²) in [6, 6.07) is 4.00. The Morgan fingerprint density at radius 2 is 2.13 bits per heavy atom. The molecule has 2 rings (SSSR count). The second kappa shape index (κ2) is 3.39. The van der Waals surface area contributed by atoms with Crippen molar-refractivity contribution >= 4 is 11.6 Å². The van der Waals surface area contributed by atoms with E-state index in [1.54, 1.807) is 0 Å². The average molecular weight is 226 g/mol. The van der Waals surface area contributed by atoms with Crippen molar-refractivity contribution in [3.05, 3.63) is 28.3 Å². The summed E-state index contributed by atoms with van der Waals surface area (Å²) in [7, 11) is 0. The number of benzene rings is 1. The van der Waals surface area contributed by atoms with Gasteiger partial charge in [0.1, 0.15) is 11.9 Å². The third-order valence-electron chi connectivity index (χ3n) is 2.69. The van der Waals surface area contributed by atoms with Gasteiger partial charge in [-0.15, -0.1) is 0 Å². The highest BCUT2D eigenvalue weighted by Crippen LogP contribution is 2.38. The number of ether oxygens (including phenoxy) is 1. The number of fused-ring (bicyclic) bond motifs is 1. The molecule has 0 bridgehead atoms. The Balaban J connectivity index is 2.49. The Labute approximate surface area is 95.4 Å². The lowest BCUT2D eigenvalue weighted by atomic mass is 9.93. The topological polar surface area (TPSA) is 35.2 Å². The Hall–Kier alpha value is -0.730. The molecule has 1 aromatic carbocycles. The van der Waals surface area contributed by atoms with Gasteiger partial charge >= 0.3 is 0 Å². The molecule has 0 saturated carbocycles. The van der Waals surface area contributed by atoms with E-state index < -0.39 is 0 Å². The average Bonchev–Trinajstić information content (AvgIpc) is 2.44. The fourth-order valence-electron chi connectivity index (χ4n) is 1.86. The molecule has 0 amide bonds. The normalized spacial score (nSPS) is 19.9. The molecular formula is C12H16ClNO. The van der Waals surface area contributed by atoms with Crippen LogP contribution in [-0.2, 0) is 12.0 Å². The second-order valence-electron chi connectivity index (χ2n) is 4.80. The minimum absolute atomic E-state index is 0.216. The lowest BCUT2D eigenvalue weighted by Gasteiger charge is -2.20. The van der Waals surface area contributed by atoms with Gasteiger partial charge in [-0.2, -0.15) is 0 Å². The van der Waals surface area contributed by atoms with E-state index in [1.807, 2.05) is 26.8 Å². The maximum atomic E-state index is 6.17. The minimum atomic E-state index is -0.357. The van der Waals surface area contributed by atoms with E-state index in [1.165, 1.54) is 5.56 Å². The maximum absolute atomic E-state index is 6.17. The molecule has 3 heteroatoms. The van der Waals surface area contributed by atoms with E-state index >= 15 is 0 Å². The van der Waals surface area contributed by atoms with Crippen molar-refractivity contribution in [1.82, 2.24) is 0 Å². The van der Waals surface area contributed by atoms with Crippen LogP contribution in [0.1, 0.15) is 31.9 Å². The first kappa shape index (κ1) is 10.8. The summed E-state index contributed by atoms with van der Waals surface area (Å²) in [5.41, 5.74) is 7.93. The van der Waals surface area contributed by atoms with E-state index in [2.05, 4.69) is 6.07 Å². The fourth-order valence-corrected chi connectivity index (χ4v) is 2.14.